The maximum absolute atomic E-state index is 2.59. The summed E-state index contributed by atoms with van der Waals surface area (Å²) in [6, 6.07) is 0.925. The van der Waals surface area contributed by atoms with Crippen molar-refractivity contribution in [2.24, 2.45) is 17.3 Å². The fourth-order valence-corrected chi connectivity index (χ4v) is 3.46. The molecule has 1 saturated carbocycles. The molecule has 1 heteroatoms. The van der Waals surface area contributed by atoms with E-state index in [0.29, 0.717) is 5.41 Å². The van der Waals surface area contributed by atoms with Crippen molar-refractivity contribution in [2.75, 3.05) is 13.6 Å². The van der Waals surface area contributed by atoms with E-state index >= 15 is 0 Å². The molecule has 0 spiro atoms. The Morgan fingerprint density at radius 3 is 2.43 bits per heavy atom. The topological polar surface area (TPSA) is 3.24 Å². The van der Waals surface area contributed by atoms with Gasteiger partial charge in [0.05, 0.1) is 0 Å². The van der Waals surface area contributed by atoms with E-state index in [1.165, 1.54) is 32.2 Å². The number of likely N-dealkylation sites (tertiary alicyclic amines) is 1. The summed E-state index contributed by atoms with van der Waals surface area (Å²) < 4.78 is 0. The van der Waals surface area contributed by atoms with Crippen LogP contribution in [0.4, 0.5) is 0 Å². The molecule has 0 aromatic carbocycles. The van der Waals surface area contributed by atoms with Crippen molar-refractivity contribution in [1.29, 1.82) is 0 Å². The van der Waals surface area contributed by atoms with Gasteiger partial charge in [0.25, 0.3) is 0 Å². The second-order valence-corrected chi connectivity index (χ2v) is 6.47. The quantitative estimate of drug-likeness (QED) is 0.574. The Labute approximate surface area is 88.9 Å². The summed E-state index contributed by atoms with van der Waals surface area (Å²) >= 11 is 0. The molecule has 0 bridgehead atoms. The lowest BCUT2D eigenvalue weighted by Gasteiger charge is -2.40. The van der Waals surface area contributed by atoms with E-state index < -0.39 is 0 Å². The van der Waals surface area contributed by atoms with Gasteiger partial charge in [-0.1, -0.05) is 20.8 Å². The average Bonchev–Trinajstić information content (AvgIpc) is 2.46. The molecule has 0 amide bonds. The first kappa shape index (κ1) is 10.5. The van der Waals surface area contributed by atoms with Crippen molar-refractivity contribution in [1.82, 2.24) is 4.90 Å². The van der Waals surface area contributed by atoms with Gasteiger partial charge in [0.15, 0.2) is 0 Å². The Kier molecular flexibility index (Phi) is 2.63. The first-order chi connectivity index (χ1) is 6.48. The third-order valence-corrected chi connectivity index (χ3v) is 4.59. The zero-order valence-corrected chi connectivity index (χ0v) is 10.2. The van der Waals surface area contributed by atoms with E-state index in [1.54, 1.807) is 0 Å². The van der Waals surface area contributed by atoms with Crippen molar-refractivity contribution >= 4 is 0 Å². The minimum absolute atomic E-state index is 0.534. The normalized spacial score (nSPS) is 39.9. The molecule has 0 N–H and O–H groups in total. The van der Waals surface area contributed by atoms with Gasteiger partial charge in [0.2, 0.25) is 0 Å². The lowest BCUT2D eigenvalue weighted by Crippen LogP contribution is -2.37. The van der Waals surface area contributed by atoms with Crippen molar-refractivity contribution in [3.8, 4) is 0 Å². The Morgan fingerprint density at radius 1 is 1.07 bits per heavy atom. The van der Waals surface area contributed by atoms with Gasteiger partial charge in [-0.3, -0.25) is 0 Å². The van der Waals surface area contributed by atoms with Gasteiger partial charge in [-0.25, -0.2) is 0 Å². The van der Waals surface area contributed by atoms with Crippen molar-refractivity contribution in [2.45, 2.75) is 52.5 Å². The van der Waals surface area contributed by atoms with Crippen LogP contribution in [-0.2, 0) is 0 Å². The van der Waals surface area contributed by atoms with Gasteiger partial charge in [-0.15, -0.1) is 0 Å². The molecule has 14 heavy (non-hydrogen) atoms. The van der Waals surface area contributed by atoms with Crippen LogP contribution in [-0.4, -0.2) is 24.5 Å². The highest BCUT2D eigenvalue weighted by molar-refractivity contribution is 4.93. The zero-order valence-electron chi connectivity index (χ0n) is 10.2. The lowest BCUT2D eigenvalue weighted by molar-refractivity contribution is 0.105. The van der Waals surface area contributed by atoms with E-state index in [2.05, 4.69) is 32.7 Å². The number of rotatable bonds is 0. The van der Waals surface area contributed by atoms with Gasteiger partial charge in [0, 0.05) is 6.04 Å². The Hall–Kier alpha value is -0.0400. The highest BCUT2D eigenvalue weighted by Crippen LogP contribution is 2.44. The zero-order chi connectivity index (χ0) is 10.3. The first-order valence-corrected chi connectivity index (χ1v) is 6.18. The van der Waals surface area contributed by atoms with Crippen LogP contribution < -0.4 is 0 Å². The fourth-order valence-electron chi connectivity index (χ4n) is 3.46. The predicted molar refractivity (Wildman–Crippen MR) is 61.3 cm³/mol. The van der Waals surface area contributed by atoms with Crippen LogP contribution in [0.2, 0.25) is 0 Å². The molecule has 82 valence electrons. The van der Waals surface area contributed by atoms with Crippen molar-refractivity contribution in [3.05, 3.63) is 0 Å². The van der Waals surface area contributed by atoms with E-state index in [4.69, 9.17) is 0 Å². The van der Waals surface area contributed by atoms with E-state index in [1.807, 2.05) is 0 Å². The molecule has 3 atom stereocenters. The standard InChI is InChI=1S/C13H25N/c1-13(2,3)11-5-6-12-10(9-11)7-8-14(12)4/h10-12H,5-9H2,1-4H3. The number of hydrogen-bond acceptors (Lipinski definition) is 1. The van der Waals surface area contributed by atoms with Crippen LogP contribution in [0, 0.1) is 17.3 Å². The summed E-state index contributed by atoms with van der Waals surface area (Å²) in [6.45, 7) is 8.58. The minimum Gasteiger partial charge on any atom is -0.303 e. The molecule has 0 aromatic rings. The first-order valence-electron chi connectivity index (χ1n) is 6.18. The molecule has 1 aliphatic carbocycles. The van der Waals surface area contributed by atoms with Crippen LogP contribution in [0.15, 0.2) is 0 Å². The van der Waals surface area contributed by atoms with E-state index in [9.17, 15) is 0 Å². The van der Waals surface area contributed by atoms with Crippen LogP contribution >= 0.6 is 0 Å². The summed E-state index contributed by atoms with van der Waals surface area (Å²) in [5.41, 5.74) is 0.534. The predicted octanol–water partition coefficient (Wildman–Crippen LogP) is 3.15. The van der Waals surface area contributed by atoms with Gasteiger partial charge in [0.1, 0.15) is 0 Å². The molecular formula is C13H25N. The van der Waals surface area contributed by atoms with E-state index in [-0.39, 0.29) is 0 Å². The maximum Gasteiger partial charge on any atom is 0.0121 e. The Bertz CT molecular complexity index is 204. The summed E-state index contributed by atoms with van der Waals surface area (Å²) in [6.07, 6.45) is 5.84. The SMILES string of the molecule is CN1CCC2CC(C(C)(C)C)CCC21. The second-order valence-electron chi connectivity index (χ2n) is 6.47. The van der Waals surface area contributed by atoms with Gasteiger partial charge in [-0.05, 0) is 56.5 Å². The van der Waals surface area contributed by atoms with Crippen LogP contribution in [0.5, 0.6) is 0 Å². The fraction of sp³-hybridized carbons (Fsp3) is 1.00. The molecule has 2 aliphatic rings. The van der Waals surface area contributed by atoms with Gasteiger partial charge < -0.3 is 4.90 Å². The maximum atomic E-state index is 2.59. The molecular weight excluding hydrogens is 170 g/mol. The van der Waals surface area contributed by atoms with Gasteiger partial charge >= 0.3 is 0 Å². The summed E-state index contributed by atoms with van der Waals surface area (Å²) in [5, 5.41) is 0. The molecule has 2 rings (SSSR count). The molecule has 1 aliphatic heterocycles. The summed E-state index contributed by atoms with van der Waals surface area (Å²) in [4.78, 5) is 2.59. The van der Waals surface area contributed by atoms with Crippen LogP contribution in [0.1, 0.15) is 46.5 Å². The molecule has 1 nitrogen and oxygen atoms in total. The van der Waals surface area contributed by atoms with Crippen molar-refractivity contribution < 1.29 is 0 Å². The Balaban J connectivity index is 1.99. The second kappa shape index (κ2) is 3.52. The number of fused-ring (bicyclic) bond motifs is 1. The number of hydrogen-bond donors (Lipinski definition) is 0. The smallest absolute Gasteiger partial charge is 0.0121 e. The highest BCUT2D eigenvalue weighted by Gasteiger charge is 2.40. The number of nitrogens with zero attached hydrogens (tertiary/aromatic N) is 1. The van der Waals surface area contributed by atoms with Crippen molar-refractivity contribution in [3.63, 3.8) is 0 Å². The highest BCUT2D eigenvalue weighted by atomic mass is 15.2. The largest absolute Gasteiger partial charge is 0.303 e. The van der Waals surface area contributed by atoms with Gasteiger partial charge in [-0.2, -0.15) is 0 Å². The summed E-state index contributed by atoms with van der Waals surface area (Å²) in [5.74, 6) is 1.98. The molecule has 0 radical (unpaired) electrons. The molecule has 1 saturated heterocycles. The van der Waals surface area contributed by atoms with Crippen LogP contribution in [0.25, 0.3) is 0 Å². The average molecular weight is 195 g/mol. The minimum atomic E-state index is 0.534. The van der Waals surface area contributed by atoms with Crippen LogP contribution in [0.3, 0.4) is 0 Å². The monoisotopic (exact) mass is 195 g/mol. The Morgan fingerprint density at radius 2 is 1.79 bits per heavy atom. The third-order valence-electron chi connectivity index (χ3n) is 4.59. The molecule has 1 heterocycles. The third kappa shape index (κ3) is 1.84. The van der Waals surface area contributed by atoms with E-state index in [0.717, 1.165) is 17.9 Å². The summed E-state index contributed by atoms with van der Waals surface area (Å²) in [7, 11) is 2.31. The molecule has 2 fully saturated rings. The lowest BCUT2D eigenvalue weighted by atomic mass is 9.68. The molecule has 0 aromatic heterocycles. The molecule has 3 unspecified atom stereocenters.